The van der Waals surface area contributed by atoms with Crippen molar-refractivity contribution >= 4 is 17.8 Å². The molecular formula is C29H28F2N6O5. The molecule has 13 heteroatoms. The minimum absolute atomic E-state index is 0.143. The molecule has 0 unspecified atom stereocenters. The predicted molar refractivity (Wildman–Crippen MR) is 148 cm³/mol. The molecule has 2 amide bonds. The van der Waals surface area contributed by atoms with Gasteiger partial charge in [-0.05, 0) is 48.9 Å². The molecule has 0 bridgehead atoms. The predicted octanol–water partition coefficient (Wildman–Crippen LogP) is 4.34. The molecule has 0 aliphatic carbocycles. The van der Waals surface area contributed by atoms with E-state index in [-0.39, 0.29) is 12.2 Å². The number of hydrogen-bond donors (Lipinski definition) is 3. The Bertz CT molecular complexity index is 1600. The Labute approximate surface area is 239 Å². The highest BCUT2D eigenvalue weighted by atomic mass is 19.2. The number of ether oxygens (including phenoxy) is 1. The van der Waals surface area contributed by atoms with Crippen LogP contribution in [0.3, 0.4) is 0 Å². The monoisotopic (exact) mass is 578 g/mol. The number of hydrogen-bond acceptors (Lipinski definition) is 7. The maximum atomic E-state index is 14.1. The van der Waals surface area contributed by atoms with E-state index < -0.39 is 35.8 Å². The molecule has 1 aliphatic rings. The Hall–Kier alpha value is -4.72. The molecule has 1 fully saturated rings. The van der Waals surface area contributed by atoms with Crippen LogP contribution < -0.4 is 10.6 Å². The zero-order chi connectivity index (χ0) is 29.8. The lowest BCUT2D eigenvalue weighted by atomic mass is 10.0. The first-order valence-electron chi connectivity index (χ1n) is 13.0. The largest absolute Gasteiger partial charge is 0.477 e. The van der Waals surface area contributed by atoms with Crippen molar-refractivity contribution in [1.29, 1.82) is 0 Å². The van der Waals surface area contributed by atoms with Crippen molar-refractivity contribution in [2.75, 3.05) is 32.1 Å². The van der Waals surface area contributed by atoms with Gasteiger partial charge in [-0.15, -0.1) is 0 Å². The third-order valence-corrected chi connectivity index (χ3v) is 6.77. The van der Waals surface area contributed by atoms with Gasteiger partial charge in [-0.2, -0.15) is 10.2 Å². The second kappa shape index (κ2) is 12.4. The number of aromatic carboxylic acids is 1. The van der Waals surface area contributed by atoms with E-state index in [2.05, 4.69) is 15.6 Å². The number of aromatic nitrogens is 3. The minimum atomic E-state index is -1.18. The van der Waals surface area contributed by atoms with E-state index in [1.54, 1.807) is 29.8 Å². The number of carboxylic acids is 1. The second-order valence-electron chi connectivity index (χ2n) is 9.59. The van der Waals surface area contributed by atoms with Crippen LogP contribution in [-0.4, -0.2) is 69.8 Å². The van der Waals surface area contributed by atoms with Crippen LogP contribution in [0.2, 0.25) is 0 Å². The number of carbonyl (C=O) groups excluding carboxylic acids is 1. The molecule has 5 rings (SSSR count). The van der Waals surface area contributed by atoms with E-state index in [4.69, 9.17) is 14.7 Å². The van der Waals surface area contributed by atoms with Gasteiger partial charge < -0.3 is 15.2 Å². The van der Waals surface area contributed by atoms with Gasteiger partial charge in [0.05, 0.1) is 24.0 Å². The summed E-state index contributed by atoms with van der Waals surface area (Å²) in [6, 6.07) is 14.4. The summed E-state index contributed by atoms with van der Waals surface area (Å²) in [5.74, 6) is -2.84. The first kappa shape index (κ1) is 28.8. The van der Waals surface area contributed by atoms with Gasteiger partial charge in [-0.25, -0.2) is 28.0 Å². The first-order valence-corrected chi connectivity index (χ1v) is 13.0. The maximum Gasteiger partial charge on any atom is 0.354 e. The van der Waals surface area contributed by atoms with Crippen LogP contribution in [0.4, 0.5) is 19.4 Å². The number of carbonyl (C=O) groups is 2. The smallest absolute Gasteiger partial charge is 0.354 e. The average molecular weight is 579 g/mol. The Morgan fingerprint density at radius 3 is 2.62 bits per heavy atom. The summed E-state index contributed by atoms with van der Waals surface area (Å²) in [5.41, 5.74) is 2.42. The van der Waals surface area contributed by atoms with Gasteiger partial charge in [0.25, 0.3) is 0 Å². The van der Waals surface area contributed by atoms with E-state index in [1.165, 1.54) is 18.3 Å². The number of pyridine rings is 1. The van der Waals surface area contributed by atoms with Crippen molar-refractivity contribution in [3.63, 3.8) is 0 Å². The Balaban J connectivity index is 1.44. The van der Waals surface area contributed by atoms with Crippen molar-refractivity contribution in [3.8, 4) is 16.9 Å². The molecule has 2 aromatic heterocycles. The van der Waals surface area contributed by atoms with Gasteiger partial charge >= 0.3 is 12.0 Å². The van der Waals surface area contributed by atoms with Crippen molar-refractivity contribution in [2.45, 2.75) is 19.1 Å². The van der Waals surface area contributed by atoms with Crippen LogP contribution in [0.15, 0.2) is 66.9 Å². The molecule has 42 heavy (non-hydrogen) atoms. The van der Waals surface area contributed by atoms with Crippen LogP contribution in [0.5, 0.6) is 0 Å². The molecule has 3 heterocycles. The second-order valence-corrected chi connectivity index (χ2v) is 9.59. The van der Waals surface area contributed by atoms with Crippen molar-refractivity contribution < 1.29 is 33.1 Å². The van der Waals surface area contributed by atoms with Crippen molar-refractivity contribution in [1.82, 2.24) is 25.1 Å². The highest BCUT2D eigenvalue weighted by Crippen LogP contribution is 2.32. The molecule has 3 N–H and O–H groups in total. The fourth-order valence-corrected chi connectivity index (χ4v) is 4.71. The zero-order valence-electron chi connectivity index (χ0n) is 22.8. The van der Waals surface area contributed by atoms with E-state index in [0.29, 0.717) is 47.0 Å². The van der Waals surface area contributed by atoms with Crippen LogP contribution in [0.25, 0.3) is 16.9 Å². The maximum absolute atomic E-state index is 14.1. The number of para-hydroxylation sites is 1. The fraction of sp³-hybridized carbons (Fsp3) is 0.241. The van der Waals surface area contributed by atoms with Crippen LogP contribution >= 0.6 is 0 Å². The highest BCUT2D eigenvalue weighted by molar-refractivity contribution is 5.92. The zero-order valence-corrected chi connectivity index (χ0v) is 22.8. The molecule has 0 spiro atoms. The van der Waals surface area contributed by atoms with Gasteiger partial charge in [-0.1, -0.05) is 24.3 Å². The molecule has 0 radical (unpaired) electrons. The number of urea groups is 1. The standard InChI is InChI=1S/C29H28F2N6O5/c1-17-25(18-10-11-32-23(15-18)28(38)39)35-37(20-6-4-3-5-7-20)27(17)34-29(40)33-24-16-36(12-13-41-2)42-26(24)19-8-9-21(30)22(31)14-19/h3-11,14-15,24,26H,12-13,16H2,1-2H3,(H,38,39)(H2,33,34,40)/t24-,26+/m1/s1. The van der Waals surface area contributed by atoms with Crippen LogP contribution in [-0.2, 0) is 9.57 Å². The molecule has 1 aliphatic heterocycles. The number of carboxylic acid groups (broad SMARTS) is 1. The summed E-state index contributed by atoms with van der Waals surface area (Å²) in [4.78, 5) is 34.8. The van der Waals surface area contributed by atoms with Gasteiger partial charge in [0.15, 0.2) is 11.6 Å². The number of methoxy groups -OCH3 is 1. The Morgan fingerprint density at radius 2 is 1.90 bits per heavy atom. The normalized spacial score (nSPS) is 16.9. The summed E-state index contributed by atoms with van der Waals surface area (Å²) in [6.07, 6.45) is 0.595. The number of nitrogens with one attached hydrogen (secondary N) is 2. The summed E-state index contributed by atoms with van der Waals surface area (Å²) < 4.78 is 34.4. The quantitative estimate of drug-likeness (QED) is 0.267. The summed E-state index contributed by atoms with van der Waals surface area (Å²) in [6.45, 7) is 2.77. The molecular weight excluding hydrogens is 550 g/mol. The van der Waals surface area contributed by atoms with Gasteiger partial charge in [0, 0.05) is 37.5 Å². The third kappa shape index (κ3) is 6.12. The lowest BCUT2D eigenvalue weighted by Gasteiger charge is -2.20. The Morgan fingerprint density at radius 1 is 1.12 bits per heavy atom. The molecule has 4 aromatic rings. The number of nitrogens with zero attached hydrogens (tertiary/aromatic N) is 4. The van der Waals surface area contributed by atoms with Crippen molar-refractivity contribution in [3.05, 3.63) is 95.3 Å². The number of halogens is 2. The number of amides is 2. The number of hydroxylamine groups is 2. The molecule has 2 atom stereocenters. The summed E-state index contributed by atoms with van der Waals surface area (Å²) >= 11 is 0. The number of rotatable bonds is 9. The summed E-state index contributed by atoms with van der Waals surface area (Å²) in [5, 5.41) is 21.5. The van der Waals surface area contributed by atoms with E-state index in [1.807, 2.05) is 30.3 Å². The molecule has 1 saturated heterocycles. The molecule has 2 aromatic carbocycles. The number of anilines is 1. The van der Waals surface area contributed by atoms with Gasteiger partial charge in [-0.3, -0.25) is 10.2 Å². The SMILES string of the molecule is COCCN1C[C@@H](NC(=O)Nc2c(C)c(-c3ccnc(C(=O)O)c3)nn2-c2ccccc2)[C@H](c2ccc(F)c(F)c2)O1. The van der Waals surface area contributed by atoms with E-state index >= 15 is 0 Å². The fourth-order valence-electron chi connectivity index (χ4n) is 4.71. The van der Waals surface area contributed by atoms with Crippen molar-refractivity contribution in [2.24, 2.45) is 0 Å². The lowest BCUT2D eigenvalue weighted by Crippen LogP contribution is -2.42. The van der Waals surface area contributed by atoms with Gasteiger partial charge in [0.2, 0.25) is 0 Å². The first-order chi connectivity index (χ1) is 20.2. The van der Waals surface area contributed by atoms with E-state index in [0.717, 1.165) is 12.1 Å². The molecule has 11 nitrogen and oxygen atoms in total. The molecule has 218 valence electrons. The van der Waals surface area contributed by atoms with E-state index in [9.17, 15) is 23.5 Å². The number of benzene rings is 2. The van der Waals surface area contributed by atoms with Crippen LogP contribution in [0, 0.1) is 18.6 Å². The third-order valence-electron chi connectivity index (χ3n) is 6.77. The average Bonchev–Trinajstić information content (AvgIpc) is 3.54. The van der Waals surface area contributed by atoms with Gasteiger partial charge in [0.1, 0.15) is 17.6 Å². The summed E-state index contributed by atoms with van der Waals surface area (Å²) in [7, 11) is 1.55. The Kier molecular flexibility index (Phi) is 8.52. The molecule has 0 saturated carbocycles. The van der Waals surface area contributed by atoms with Crippen LogP contribution in [0.1, 0.15) is 27.7 Å². The highest BCUT2D eigenvalue weighted by Gasteiger charge is 2.37. The lowest BCUT2D eigenvalue weighted by molar-refractivity contribution is -0.154. The minimum Gasteiger partial charge on any atom is -0.477 e. The topological polar surface area (TPSA) is 131 Å².